The first-order valence-electron chi connectivity index (χ1n) is 16.2. The molecule has 0 aliphatic heterocycles. The number of hydrogen-bond donors (Lipinski definition) is 2. The summed E-state index contributed by atoms with van der Waals surface area (Å²) in [5, 5.41) is 21.0. The number of ether oxygens (including phenoxy) is 2. The Balaban J connectivity index is 1.68. The molecule has 0 heterocycles. The molecule has 0 aromatic carbocycles. The summed E-state index contributed by atoms with van der Waals surface area (Å²) >= 11 is 0. The van der Waals surface area contributed by atoms with E-state index >= 15 is 0 Å². The maximum absolute atomic E-state index is 12.6. The Bertz CT molecular complexity index is 1100. The lowest BCUT2D eigenvalue weighted by molar-refractivity contribution is -0.252. The Hall–Kier alpha value is -1.89. The maximum Gasteiger partial charge on any atom is 0.317 e. The first-order valence-corrected chi connectivity index (χ1v) is 16.2. The number of carboxylic acid groups (broad SMARTS) is 1. The summed E-state index contributed by atoms with van der Waals surface area (Å²) in [6.45, 7) is 19.3. The van der Waals surface area contributed by atoms with E-state index < -0.39 is 24.0 Å². The second kappa shape index (κ2) is 11.2. The molecule has 4 saturated carbocycles. The Labute approximate surface area is 253 Å². The summed E-state index contributed by atoms with van der Waals surface area (Å²) in [6, 6.07) is 0. The number of carbonyl (C=O) groups excluding carboxylic acids is 2. The van der Waals surface area contributed by atoms with Gasteiger partial charge in [0.2, 0.25) is 0 Å². The van der Waals surface area contributed by atoms with Crippen LogP contribution in [0.4, 0.5) is 0 Å². The lowest BCUT2D eigenvalue weighted by Crippen LogP contribution is -2.67. The van der Waals surface area contributed by atoms with Crippen LogP contribution < -0.4 is 0 Å². The second-order valence-corrected chi connectivity index (χ2v) is 16.1. The first kappa shape index (κ1) is 33.0. The molecule has 0 aromatic heterocycles. The van der Waals surface area contributed by atoms with Crippen molar-refractivity contribution in [3.8, 4) is 0 Å². The molecule has 0 saturated heterocycles. The SMILES string of the molecule is CC(=O)O[C@@H]1C[C@@H]2[C@@]3(C)CC[C@H](OC(=O)CC(=O)O)C(C)(C)[C@@H]3CC[C@@]2(C)[C@]2(C)CC[C@H]([C@@](C)(O)CCC=C(C)C)[C@@H]12. The van der Waals surface area contributed by atoms with E-state index in [1.165, 1.54) is 12.5 Å². The standard InChI is InChI=1S/C35H56O7/c1-21(2)11-10-15-35(9,40)23-12-17-34(8)30(23)24(41-22(3)36)19-26-32(6)16-14-27(42-29(39)20-28(37)38)31(4,5)25(32)13-18-33(26,34)7/h11,23-27,30,40H,10,12-20H2,1-9H3,(H,37,38)/t23-,24+,25-,26+,27-,30-,32-,33+,34+,35-/m0/s1. The number of rotatable bonds is 8. The van der Waals surface area contributed by atoms with Gasteiger partial charge >= 0.3 is 17.9 Å². The van der Waals surface area contributed by atoms with E-state index in [4.69, 9.17) is 14.6 Å². The molecule has 2 N–H and O–H groups in total. The van der Waals surface area contributed by atoms with Crippen molar-refractivity contribution in [1.29, 1.82) is 0 Å². The summed E-state index contributed by atoms with van der Waals surface area (Å²) in [6.07, 6.45) is 8.86. The van der Waals surface area contributed by atoms with Crippen molar-refractivity contribution >= 4 is 17.9 Å². The minimum absolute atomic E-state index is 0.00715. The first-order chi connectivity index (χ1) is 19.3. The van der Waals surface area contributed by atoms with Crippen molar-refractivity contribution in [3.63, 3.8) is 0 Å². The Morgan fingerprint density at radius 3 is 2.14 bits per heavy atom. The number of allylic oxidation sites excluding steroid dienone is 2. The van der Waals surface area contributed by atoms with E-state index in [1.54, 1.807) is 0 Å². The molecule has 0 spiro atoms. The van der Waals surface area contributed by atoms with E-state index in [2.05, 4.69) is 54.5 Å². The van der Waals surface area contributed by atoms with Gasteiger partial charge in [0.25, 0.3) is 0 Å². The highest BCUT2D eigenvalue weighted by Gasteiger charge is 2.72. The highest BCUT2D eigenvalue weighted by Crippen LogP contribution is 2.76. The molecular weight excluding hydrogens is 532 g/mol. The van der Waals surface area contributed by atoms with Crippen LogP contribution in [0.3, 0.4) is 0 Å². The monoisotopic (exact) mass is 588 g/mol. The smallest absolute Gasteiger partial charge is 0.317 e. The zero-order valence-corrected chi connectivity index (χ0v) is 27.5. The number of hydrogen-bond acceptors (Lipinski definition) is 6. The van der Waals surface area contributed by atoms with Crippen LogP contribution >= 0.6 is 0 Å². The molecule has 4 aliphatic rings. The summed E-state index contributed by atoms with van der Waals surface area (Å²) in [7, 11) is 0. The molecule has 42 heavy (non-hydrogen) atoms. The minimum Gasteiger partial charge on any atom is -0.481 e. The normalized spacial score (nSPS) is 41.8. The van der Waals surface area contributed by atoms with Crippen LogP contribution in [0.1, 0.15) is 127 Å². The van der Waals surface area contributed by atoms with Crippen molar-refractivity contribution in [2.24, 2.45) is 45.3 Å². The lowest BCUT2D eigenvalue weighted by Gasteiger charge is -2.70. The van der Waals surface area contributed by atoms with Gasteiger partial charge in [0.05, 0.1) is 5.60 Å². The van der Waals surface area contributed by atoms with Crippen LogP contribution in [0.15, 0.2) is 11.6 Å². The predicted molar refractivity (Wildman–Crippen MR) is 161 cm³/mol. The molecule has 7 nitrogen and oxygen atoms in total. The van der Waals surface area contributed by atoms with E-state index in [0.29, 0.717) is 18.8 Å². The van der Waals surface area contributed by atoms with E-state index in [1.807, 2.05) is 6.92 Å². The van der Waals surface area contributed by atoms with Crippen LogP contribution in [-0.2, 0) is 23.9 Å². The maximum atomic E-state index is 12.6. The van der Waals surface area contributed by atoms with Crippen LogP contribution in [0.25, 0.3) is 0 Å². The van der Waals surface area contributed by atoms with Crippen molar-refractivity contribution in [1.82, 2.24) is 0 Å². The van der Waals surface area contributed by atoms with Gasteiger partial charge in [-0.15, -0.1) is 0 Å². The van der Waals surface area contributed by atoms with Gasteiger partial charge in [-0.1, -0.05) is 46.3 Å². The summed E-state index contributed by atoms with van der Waals surface area (Å²) < 4.78 is 12.0. The van der Waals surface area contributed by atoms with Gasteiger partial charge in [0, 0.05) is 18.3 Å². The molecule has 10 atom stereocenters. The molecule has 238 valence electrons. The molecular formula is C35H56O7. The van der Waals surface area contributed by atoms with Crippen LogP contribution in [0.2, 0.25) is 0 Å². The molecule has 0 bridgehead atoms. The van der Waals surface area contributed by atoms with Gasteiger partial charge in [-0.2, -0.15) is 0 Å². The third-order valence-electron chi connectivity index (χ3n) is 13.2. The molecule has 4 rings (SSSR count). The highest BCUT2D eigenvalue weighted by molar-refractivity contribution is 5.90. The topological polar surface area (TPSA) is 110 Å². The molecule has 7 heteroatoms. The number of esters is 2. The van der Waals surface area contributed by atoms with E-state index in [-0.39, 0.29) is 57.6 Å². The zero-order valence-electron chi connectivity index (χ0n) is 27.5. The largest absolute Gasteiger partial charge is 0.481 e. The number of carboxylic acids is 1. The number of aliphatic carboxylic acids is 1. The average molecular weight is 589 g/mol. The summed E-state index contributed by atoms with van der Waals surface area (Å²) in [5.41, 5.74) is -0.0480. The lowest BCUT2D eigenvalue weighted by atomic mass is 9.35. The average Bonchev–Trinajstić information content (AvgIpc) is 3.21. The van der Waals surface area contributed by atoms with E-state index in [9.17, 15) is 19.5 Å². The van der Waals surface area contributed by atoms with E-state index in [0.717, 1.165) is 44.9 Å². The number of fused-ring (bicyclic) bond motifs is 5. The Morgan fingerprint density at radius 1 is 0.905 bits per heavy atom. The van der Waals surface area contributed by atoms with Gasteiger partial charge in [-0.05, 0) is 113 Å². The Kier molecular flexibility index (Phi) is 8.83. The molecule has 0 radical (unpaired) electrons. The summed E-state index contributed by atoms with van der Waals surface area (Å²) in [5.74, 6) is -1.36. The third kappa shape index (κ3) is 5.45. The second-order valence-electron chi connectivity index (χ2n) is 16.1. The van der Waals surface area contributed by atoms with Gasteiger partial charge < -0.3 is 19.7 Å². The number of aliphatic hydroxyl groups is 1. The fourth-order valence-corrected chi connectivity index (χ4v) is 11.1. The van der Waals surface area contributed by atoms with Crippen molar-refractivity contribution in [2.75, 3.05) is 0 Å². The van der Waals surface area contributed by atoms with Crippen LogP contribution in [-0.4, -0.2) is 45.9 Å². The number of carbonyl (C=O) groups is 3. The van der Waals surface area contributed by atoms with Gasteiger partial charge in [-0.3, -0.25) is 14.4 Å². The molecule has 0 amide bonds. The van der Waals surface area contributed by atoms with Crippen molar-refractivity contribution in [2.45, 2.75) is 144 Å². The molecule has 0 aromatic rings. The minimum atomic E-state index is -1.17. The third-order valence-corrected chi connectivity index (χ3v) is 13.2. The quantitative estimate of drug-likeness (QED) is 0.177. The molecule has 4 aliphatic carbocycles. The van der Waals surface area contributed by atoms with Crippen molar-refractivity contribution in [3.05, 3.63) is 11.6 Å². The van der Waals surface area contributed by atoms with Crippen LogP contribution in [0.5, 0.6) is 0 Å². The highest BCUT2D eigenvalue weighted by atomic mass is 16.5. The van der Waals surface area contributed by atoms with Gasteiger partial charge in [-0.25, -0.2) is 0 Å². The molecule has 0 unspecified atom stereocenters. The fraction of sp³-hybridized carbons (Fsp3) is 0.857. The fourth-order valence-electron chi connectivity index (χ4n) is 11.1. The Morgan fingerprint density at radius 2 is 1.55 bits per heavy atom. The van der Waals surface area contributed by atoms with Crippen LogP contribution in [0, 0.1) is 45.3 Å². The van der Waals surface area contributed by atoms with Gasteiger partial charge in [0.15, 0.2) is 0 Å². The molecule has 4 fully saturated rings. The van der Waals surface area contributed by atoms with Gasteiger partial charge in [0.1, 0.15) is 18.6 Å². The van der Waals surface area contributed by atoms with Crippen molar-refractivity contribution < 1.29 is 34.1 Å². The predicted octanol–water partition coefficient (Wildman–Crippen LogP) is 7.10. The summed E-state index contributed by atoms with van der Waals surface area (Å²) in [4.78, 5) is 36.1. The zero-order chi connectivity index (χ0) is 31.5.